The van der Waals surface area contributed by atoms with Crippen molar-refractivity contribution in [3.63, 3.8) is 0 Å². The van der Waals surface area contributed by atoms with E-state index in [1.807, 2.05) is 0 Å². The Labute approximate surface area is 81.8 Å². The largest absolute Gasteiger partial charge is 0.412 e. The number of hydrogen-bond donors (Lipinski definition) is 0. The maximum atomic E-state index is 8.25. The minimum atomic E-state index is -1.75. The van der Waals surface area contributed by atoms with Crippen molar-refractivity contribution in [3.8, 4) is 0 Å². The first-order valence-corrected chi connectivity index (χ1v) is 1.10. The summed E-state index contributed by atoms with van der Waals surface area (Å²) in [6.45, 7) is 0. The van der Waals surface area contributed by atoms with Crippen LogP contribution in [0.5, 0.6) is 0 Å². The third-order valence-electron chi connectivity index (χ3n) is 0. The van der Waals surface area contributed by atoms with Gasteiger partial charge in [-0.3, -0.25) is 0 Å². The standard InChI is InChI=1S/La.2NO3.H2O/c;2*2-1(3)4;/h;;;1H2/q;2*-1;. The summed E-state index contributed by atoms with van der Waals surface area (Å²) in [7, 11) is 0. The topological polar surface area (TPSA) is 164 Å². The van der Waals surface area contributed by atoms with Crippen molar-refractivity contribution in [3.05, 3.63) is 30.6 Å². The summed E-state index contributed by atoms with van der Waals surface area (Å²) in [6, 6.07) is 0. The SMILES string of the molecule is O.O=[N+]([O-])[O-].O=[N+]([O-])[O-].[La]. The first kappa shape index (κ1) is 22.7. The van der Waals surface area contributed by atoms with Gasteiger partial charge in [-0.15, -0.1) is 0 Å². The summed E-state index contributed by atoms with van der Waals surface area (Å²) in [5.74, 6) is 0. The molecule has 0 aromatic rings. The molecular weight excluding hydrogens is 279 g/mol. The Morgan fingerprint density at radius 3 is 0.800 bits per heavy atom. The van der Waals surface area contributed by atoms with Crippen LogP contribution >= 0.6 is 0 Å². The van der Waals surface area contributed by atoms with E-state index in [1.54, 1.807) is 0 Å². The maximum Gasteiger partial charge on any atom is 0.0689 e. The minimum Gasteiger partial charge on any atom is -0.412 e. The zero-order chi connectivity index (χ0) is 7.15. The quantitative estimate of drug-likeness (QED) is 0.395. The van der Waals surface area contributed by atoms with Crippen LogP contribution in [0.15, 0.2) is 0 Å². The first-order chi connectivity index (χ1) is 3.46. The van der Waals surface area contributed by atoms with Gasteiger partial charge in [-0.2, -0.15) is 0 Å². The average Bonchev–Trinajstić information content (AvgIpc) is 1.25. The van der Waals surface area contributed by atoms with E-state index in [9.17, 15) is 0 Å². The number of hydrogen-bond acceptors (Lipinski definition) is 6. The molecule has 0 fully saturated rings. The molecule has 10 heavy (non-hydrogen) atoms. The Balaban J connectivity index is -0.0000000300. The van der Waals surface area contributed by atoms with E-state index in [0.29, 0.717) is 0 Å². The van der Waals surface area contributed by atoms with E-state index in [1.165, 1.54) is 0 Å². The number of rotatable bonds is 0. The van der Waals surface area contributed by atoms with Crippen molar-refractivity contribution in [1.29, 1.82) is 0 Å². The molecule has 0 saturated heterocycles. The predicted molar refractivity (Wildman–Crippen MR) is 24.3 cm³/mol. The van der Waals surface area contributed by atoms with Crippen molar-refractivity contribution >= 4 is 0 Å². The molecule has 0 heterocycles. The van der Waals surface area contributed by atoms with Gasteiger partial charge < -0.3 is 36.1 Å². The molecule has 0 saturated carbocycles. The Morgan fingerprint density at radius 1 is 0.800 bits per heavy atom. The molecule has 10 heteroatoms. The zero-order valence-corrected chi connectivity index (χ0v) is 8.05. The van der Waals surface area contributed by atoms with Gasteiger partial charge in [0.25, 0.3) is 0 Å². The molecule has 0 aromatic carbocycles. The average molecular weight is 281 g/mol. The van der Waals surface area contributed by atoms with Gasteiger partial charge in [-0.1, -0.05) is 0 Å². The molecule has 9 nitrogen and oxygen atoms in total. The molecule has 0 aromatic heterocycles. The van der Waals surface area contributed by atoms with E-state index in [2.05, 4.69) is 0 Å². The van der Waals surface area contributed by atoms with Gasteiger partial charge in [0, 0.05) is 35.6 Å². The molecule has 0 amide bonds. The molecule has 0 spiro atoms. The monoisotopic (exact) mass is 281 g/mol. The van der Waals surface area contributed by atoms with Crippen molar-refractivity contribution in [2.75, 3.05) is 0 Å². The van der Waals surface area contributed by atoms with Gasteiger partial charge in [0.15, 0.2) is 0 Å². The summed E-state index contributed by atoms with van der Waals surface area (Å²) >= 11 is 0. The van der Waals surface area contributed by atoms with Crippen LogP contribution in [-0.4, -0.2) is 15.6 Å². The van der Waals surface area contributed by atoms with Gasteiger partial charge in [0.05, 0.1) is 10.2 Å². The van der Waals surface area contributed by atoms with Crippen LogP contribution in [-0.2, 0) is 0 Å². The van der Waals surface area contributed by atoms with Crippen LogP contribution in [0.4, 0.5) is 0 Å². The van der Waals surface area contributed by atoms with Crippen LogP contribution in [0.3, 0.4) is 0 Å². The van der Waals surface area contributed by atoms with Gasteiger partial charge in [-0.05, 0) is 0 Å². The predicted octanol–water partition coefficient (Wildman–Crippen LogP) is -1.30. The Morgan fingerprint density at radius 2 is 0.800 bits per heavy atom. The molecule has 0 aliphatic rings. The Bertz CT molecular complexity index is 69.6. The summed E-state index contributed by atoms with van der Waals surface area (Å²) < 4.78 is 0. The molecule has 0 unspecified atom stereocenters. The van der Waals surface area contributed by atoms with Crippen LogP contribution in [0.1, 0.15) is 0 Å². The third kappa shape index (κ3) is 1640. The van der Waals surface area contributed by atoms with E-state index in [4.69, 9.17) is 30.6 Å². The third-order valence-corrected chi connectivity index (χ3v) is 0. The zero-order valence-electron chi connectivity index (χ0n) is 4.42. The molecule has 0 aliphatic heterocycles. The smallest absolute Gasteiger partial charge is 0.0689 e. The van der Waals surface area contributed by atoms with Crippen LogP contribution in [0.2, 0.25) is 0 Å². The fraction of sp³-hybridized carbons (Fsp3) is 0. The van der Waals surface area contributed by atoms with E-state index < -0.39 is 10.2 Å². The Hall–Kier alpha value is -0.445. The molecular formula is H2LaN2O7-2. The summed E-state index contributed by atoms with van der Waals surface area (Å²) in [6.07, 6.45) is 0. The van der Waals surface area contributed by atoms with Crippen molar-refractivity contribution in [2.45, 2.75) is 0 Å². The second-order valence-corrected chi connectivity index (χ2v) is 0.447. The molecule has 1 radical (unpaired) electrons. The van der Waals surface area contributed by atoms with Crippen molar-refractivity contribution in [1.82, 2.24) is 0 Å². The van der Waals surface area contributed by atoms with Gasteiger partial charge in [0.2, 0.25) is 0 Å². The van der Waals surface area contributed by atoms with Crippen molar-refractivity contribution in [2.24, 2.45) is 0 Å². The first-order valence-electron chi connectivity index (χ1n) is 1.10. The molecule has 59 valence electrons. The summed E-state index contributed by atoms with van der Waals surface area (Å²) in [5, 5.41) is 29.5. The van der Waals surface area contributed by atoms with Crippen molar-refractivity contribution < 1.29 is 51.2 Å². The summed E-state index contributed by atoms with van der Waals surface area (Å²) in [4.78, 5) is 16.5. The van der Waals surface area contributed by atoms with E-state index in [-0.39, 0.29) is 41.1 Å². The van der Waals surface area contributed by atoms with E-state index in [0.717, 1.165) is 0 Å². The second kappa shape index (κ2) is 15.8. The molecule has 0 rings (SSSR count). The summed E-state index contributed by atoms with van der Waals surface area (Å²) in [5.41, 5.74) is 0. The van der Waals surface area contributed by atoms with Crippen LogP contribution in [0.25, 0.3) is 0 Å². The second-order valence-electron chi connectivity index (χ2n) is 0.447. The van der Waals surface area contributed by atoms with Gasteiger partial charge in [-0.25, -0.2) is 0 Å². The van der Waals surface area contributed by atoms with Crippen LogP contribution in [0, 0.1) is 66.2 Å². The number of nitrogens with zero attached hydrogens (tertiary/aromatic N) is 2. The van der Waals surface area contributed by atoms with Gasteiger partial charge in [0.1, 0.15) is 0 Å². The molecule has 0 atom stereocenters. The molecule has 2 N–H and O–H groups in total. The fourth-order valence-corrected chi connectivity index (χ4v) is 0. The Kier molecular flexibility index (Phi) is 35.9. The van der Waals surface area contributed by atoms with Gasteiger partial charge >= 0.3 is 0 Å². The minimum absolute atomic E-state index is 0. The maximum absolute atomic E-state index is 8.25. The fourth-order valence-electron chi connectivity index (χ4n) is 0. The normalized spacial score (nSPS) is 4.80. The van der Waals surface area contributed by atoms with Crippen LogP contribution < -0.4 is 0 Å². The molecule has 0 aliphatic carbocycles. The van der Waals surface area contributed by atoms with E-state index >= 15 is 0 Å². The molecule has 0 bridgehead atoms.